The van der Waals surface area contributed by atoms with Gasteiger partial charge in [-0.2, -0.15) is 0 Å². The molecular weight excluding hydrogens is 230 g/mol. The van der Waals surface area contributed by atoms with E-state index in [-0.39, 0.29) is 31.3 Å². The van der Waals surface area contributed by atoms with Gasteiger partial charge in [-0.1, -0.05) is 0 Å². The van der Waals surface area contributed by atoms with Gasteiger partial charge in [0.05, 0.1) is 19.3 Å². The molecule has 0 aliphatic carbocycles. The Morgan fingerprint density at radius 1 is 1.18 bits per heavy atom. The summed E-state index contributed by atoms with van der Waals surface area (Å²) in [5, 5.41) is 28.4. The van der Waals surface area contributed by atoms with Crippen LogP contribution >= 0.6 is 0 Å². The van der Waals surface area contributed by atoms with Crippen LogP contribution in [-0.2, 0) is 14.3 Å². The standard InChI is InChI=1S/C10H15NO6/c12-3-6-10(16)9(15)5(4-17-6)11-7(13)1-2-8(11)14/h5-6,9-10,12,15-16H,1-4H2/t5-,6-,9-,10+/m1/s1. The Hall–Kier alpha value is -1.02. The smallest absolute Gasteiger partial charge is 0.230 e. The Bertz CT molecular complexity index is 317. The lowest BCUT2D eigenvalue weighted by molar-refractivity contribution is -0.186. The highest BCUT2D eigenvalue weighted by Crippen LogP contribution is 2.24. The predicted molar refractivity (Wildman–Crippen MR) is 53.7 cm³/mol. The first-order valence-electron chi connectivity index (χ1n) is 5.49. The summed E-state index contributed by atoms with van der Waals surface area (Å²) in [5.74, 6) is -0.727. The summed E-state index contributed by atoms with van der Waals surface area (Å²) >= 11 is 0. The number of nitrogens with zero attached hydrogens (tertiary/aromatic N) is 1. The van der Waals surface area contributed by atoms with E-state index in [9.17, 15) is 19.8 Å². The molecule has 4 atom stereocenters. The molecule has 2 aliphatic heterocycles. The van der Waals surface area contributed by atoms with Gasteiger partial charge in [0.1, 0.15) is 18.3 Å². The van der Waals surface area contributed by atoms with E-state index in [2.05, 4.69) is 0 Å². The van der Waals surface area contributed by atoms with Crippen LogP contribution in [-0.4, -0.2) is 69.6 Å². The molecule has 7 heteroatoms. The number of amides is 2. The summed E-state index contributed by atoms with van der Waals surface area (Å²) in [4.78, 5) is 23.9. The fraction of sp³-hybridized carbons (Fsp3) is 0.800. The summed E-state index contributed by atoms with van der Waals surface area (Å²) in [5.41, 5.74) is 0. The van der Waals surface area contributed by atoms with Crippen molar-refractivity contribution in [2.75, 3.05) is 13.2 Å². The van der Waals surface area contributed by atoms with Gasteiger partial charge in [-0.15, -0.1) is 0 Å². The van der Waals surface area contributed by atoms with Crippen molar-refractivity contribution < 1.29 is 29.6 Å². The number of ether oxygens (including phenoxy) is 1. The van der Waals surface area contributed by atoms with Crippen LogP contribution < -0.4 is 0 Å². The van der Waals surface area contributed by atoms with E-state index in [1.165, 1.54) is 0 Å². The number of likely N-dealkylation sites (tertiary alicyclic amines) is 1. The molecule has 0 aromatic carbocycles. The number of carbonyl (C=O) groups excluding carboxylic acids is 2. The van der Waals surface area contributed by atoms with Gasteiger partial charge in [-0.05, 0) is 0 Å². The highest BCUT2D eigenvalue weighted by atomic mass is 16.5. The molecule has 0 aromatic rings. The third kappa shape index (κ3) is 2.06. The first kappa shape index (κ1) is 12.4. The molecule has 96 valence electrons. The third-order valence-corrected chi connectivity index (χ3v) is 3.21. The molecule has 0 unspecified atom stereocenters. The maximum Gasteiger partial charge on any atom is 0.230 e. The van der Waals surface area contributed by atoms with E-state index in [0.717, 1.165) is 4.90 Å². The fourth-order valence-corrected chi connectivity index (χ4v) is 2.22. The van der Waals surface area contributed by atoms with E-state index in [1.807, 2.05) is 0 Å². The Morgan fingerprint density at radius 3 is 2.29 bits per heavy atom. The third-order valence-electron chi connectivity index (χ3n) is 3.21. The quantitative estimate of drug-likeness (QED) is 0.469. The molecule has 0 spiro atoms. The molecule has 0 aromatic heterocycles. The molecule has 3 N–H and O–H groups in total. The first-order valence-corrected chi connectivity index (χ1v) is 5.49. The number of imide groups is 1. The van der Waals surface area contributed by atoms with Crippen LogP contribution in [0.1, 0.15) is 12.8 Å². The van der Waals surface area contributed by atoms with Crippen LogP contribution in [0.15, 0.2) is 0 Å². The van der Waals surface area contributed by atoms with Gasteiger partial charge in [-0.25, -0.2) is 0 Å². The van der Waals surface area contributed by atoms with Gasteiger partial charge in [0.25, 0.3) is 0 Å². The minimum absolute atomic E-state index is 0.0685. The number of aliphatic hydroxyl groups excluding tert-OH is 3. The summed E-state index contributed by atoms with van der Waals surface area (Å²) in [6, 6.07) is -0.865. The van der Waals surface area contributed by atoms with Crippen LogP contribution in [0.25, 0.3) is 0 Å². The number of hydrogen-bond donors (Lipinski definition) is 3. The number of aliphatic hydroxyl groups is 3. The maximum atomic E-state index is 11.5. The average molecular weight is 245 g/mol. The SMILES string of the molecule is O=C1CCC(=O)N1[C@@H]1CO[C@H](CO)[C@H](O)[C@@H]1O. The highest BCUT2D eigenvalue weighted by molar-refractivity contribution is 6.02. The first-order chi connectivity index (χ1) is 8.06. The summed E-state index contributed by atoms with van der Waals surface area (Å²) in [6.07, 6.45) is -3.22. The van der Waals surface area contributed by atoms with Crippen LogP contribution in [0.2, 0.25) is 0 Å². The van der Waals surface area contributed by atoms with Crippen LogP contribution in [0, 0.1) is 0 Å². The molecule has 2 heterocycles. The molecule has 2 saturated heterocycles. The maximum absolute atomic E-state index is 11.5. The lowest BCUT2D eigenvalue weighted by Gasteiger charge is -2.40. The molecule has 0 bridgehead atoms. The molecular formula is C10H15NO6. The van der Waals surface area contributed by atoms with Crippen molar-refractivity contribution in [1.82, 2.24) is 4.90 Å². The summed E-state index contributed by atoms with van der Waals surface area (Å²) in [6.45, 7) is -0.492. The van der Waals surface area contributed by atoms with Crippen molar-refractivity contribution in [3.63, 3.8) is 0 Å². The minimum Gasteiger partial charge on any atom is -0.394 e. The number of carbonyl (C=O) groups is 2. The van der Waals surface area contributed by atoms with Crippen molar-refractivity contribution in [3.05, 3.63) is 0 Å². The normalized spacial score (nSPS) is 38.9. The Kier molecular flexibility index (Phi) is 3.43. The summed E-state index contributed by atoms with van der Waals surface area (Å²) in [7, 11) is 0. The average Bonchev–Trinajstić information content (AvgIpc) is 2.63. The second kappa shape index (κ2) is 4.69. The molecule has 0 saturated carbocycles. The van der Waals surface area contributed by atoms with Crippen molar-refractivity contribution in [3.8, 4) is 0 Å². The Morgan fingerprint density at radius 2 is 1.76 bits per heavy atom. The number of hydrogen-bond acceptors (Lipinski definition) is 6. The van der Waals surface area contributed by atoms with E-state index in [4.69, 9.17) is 9.84 Å². The van der Waals surface area contributed by atoms with E-state index in [0.29, 0.717) is 0 Å². The Labute approximate surface area is 97.6 Å². The summed E-state index contributed by atoms with van der Waals surface area (Å²) < 4.78 is 5.13. The van der Waals surface area contributed by atoms with Crippen molar-refractivity contribution in [2.45, 2.75) is 37.2 Å². The van der Waals surface area contributed by atoms with Crippen molar-refractivity contribution in [2.24, 2.45) is 0 Å². The van der Waals surface area contributed by atoms with E-state index >= 15 is 0 Å². The number of rotatable bonds is 2. The monoisotopic (exact) mass is 245 g/mol. The van der Waals surface area contributed by atoms with Gasteiger partial charge in [0.2, 0.25) is 11.8 Å². The fourth-order valence-electron chi connectivity index (χ4n) is 2.22. The molecule has 2 rings (SSSR count). The zero-order valence-corrected chi connectivity index (χ0v) is 9.15. The van der Waals surface area contributed by atoms with E-state index in [1.54, 1.807) is 0 Å². The second-order valence-electron chi connectivity index (χ2n) is 4.26. The largest absolute Gasteiger partial charge is 0.394 e. The lowest BCUT2D eigenvalue weighted by Crippen LogP contribution is -2.61. The van der Waals surface area contributed by atoms with Crippen molar-refractivity contribution >= 4 is 11.8 Å². The van der Waals surface area contributed by atoms with Crippen LogP contribution in [0.3, 0.4) is 0 Å². The molecule has 7 nitrogen and oxygen atoms in total. The molecule has 2 fully saturated rings. The van der Waals surface area contributed by atoms with E-state index < -0.39 is 31.0 Å². The molecule has 2 amide bonds. The van der Waals surface area contributed by atoms with Gasteiger partial charge in [0.15, 0.2) is 0 Å². The lowest BCUT2D eigenvalue weighted by atomic mass is 9.97. The zero-order valence-electron chi connectivity index (χ0n) is 9.15. The highest BCUT2D eigenvalue weighted by Gasteiger charge is 2.46. The second-order valence-corrected chi connectivity index (χ2v) is 4.26. The van der Waals surface area contributed by atoms with Gasteiger partial charge in [-0.3, -0.25) is 14.5 Å². The van der Waals surface area contributed by atoms with Crippen LogP contribution in [0.4, 0.5) is 0 Å². The van der Waals surface area contributed by atoms with Crippen LogP contribution in [0.5, 0.6) is 0 Å². The minimum atomic E-state index is -1.31. The topological polar surface area (TPSA) is 107 Å². The molecule has 17 heavy (non-hydrogen) atoms. The molecule has 2 aliphatic rings. The van der Waals surface area contributed by atoms with Gasteiger partial charge >= 0.3 is 0 Å². The predicted octanol–water partition coefficient (Wildman–Crippen LogP) is -2.38. The van der Waals surface area contributed by atoms with Crippen molar-refractivity contribution in [1.29, 1.82) is 0 Å². The Balaban J connectivity index is 2.12. The zero-order chi connectivity index (χ0) is 12.6. The van der Waals surface area contributed by atoms with Gasteiger partial charge in [0, 0.05) is 12.8 Å². The molecule has 0 radical (unpaired) electrons. The van der Waals surface area contributed by atoms with Gasteiger partial charge < -0.3 is 20.1 Å².